The number of nitrogens with two attached hydrogens (primary N) is 1. The monoisotopic (exact) mass is 212 g/mol. The van der Waals surface area contributed by atoms with Gasteiger partial charge < -0.3 is 10.6 Å². The van der Waals surface area contributed by atoms with Crippen molar-refractivity contribution in [1.82, 2.24) is 4.90 Å². The number of hydrogen-bond acceptors (Lipinski definition) is 2. The summed E-state index contributed by atoms with van der Waals surface area (Å²) in [5, 5.41) is 0. The topological polar surface area (TPSA) is 46.3 Å². The fourth-order valence-corrected chi connectivity index (χ4v) is 2.18. The molecular weight excluding hydrogens is 188 g/mol. The Morgan fingerprint density at radius 1 is 1.53 bits per heavy atom. The highest BCUT2D eigenvalue weighted by Gasteiger charge is 2.27. The van der Waals surface area contributed by atoms with Crippen LogP contribution in [0.2, 0.25) is 0 Å². The zero-order chi connectivity index (χ0) is 11.4. The van der Waals surface area contributed by atoms with Gasteiger partial charge in [-0.3, -0.25) is 4.79 Å². The lowest BCUT2D eigenvalue weighted by atomic mass is 9.91. The molecule has 0 aromatic carbocycles. The number of hydrogen-bond donors (Lipinski definition) is 1. The van der Waals surface area contributed by atoms with E-state index in [4.69, 9.17) is 5.73 Å². The SMILES string of the molecule is CC(N)CCC(=O)N1CCCC(C)C1C. The molecule has 1 aliphatic heterocycles. The number of likely N-dealkylation sites (tertiary alicyclic amines) is 1. The fraction of sp³-hybridized carbons (Fsp3) is 0.917. The molecule has 0 spiro atoms. The molecule has 1 amide bonds. The lowest BCUT2D eigenvalue weighted by molar-refractivity contribution is -0.135. The smallest absolute Gasteiger partial charge is 0.222 e. The van der Waals surface area contributed by atoms with Crippen molar-refractivity contribution < 1.29 is 4.79 Å². The maximum Gasteiger partial charge on any atom is 0.222 e. The van der Waals surface area contributed by atoms with Crippen molar-refractivity contribution >= 4 is 5.91 Å². The van der Waals surface area contributed by atoms with Gasteiger partial charge >= 0.3 is 0 Å². The maximum absolute atomic E-state index is 11.9. The predicted octanol–water partition coefficient (Wildman–Crippen LogP) is 1.76. The minimum atomic E-state index is 0.131. The molecule has 0 radical (unpaired) electrons. The molecule has 3 nitrogen and oxygen atoms in total. The van der Waals surface area contributed by atoms with Gasteiger partial charge in [-0.15, -0.1) is 0 Å². The van der Waals surface area contributed by atoms with Crippen LogP contribution in [0.15, 0.2) is 0 Å². The van der Waals surface area contributed by atoms with E-state index in [0.29, 0.717) is 18.4 Å². The van der Waals surface area contributed by atoms with Crippen LogP contribution < -0.4 is 5.73 Å². The second-order valence-electron chi connectivity index (χ2n) is 4.96. The highest BCUT2D eigenvalue weighted by molar-refractivity contribution is 5.76. The van der Waals surface area contributed by atoms with Gasteiger partial charge in [0.05, 0.1) is 0 Å². The number of nitrogens with zero attached hydrogens (tertiary/aromatic N) is 1. The van der Waals surface area contributed by atoms with Crippen LogP contribution in [-0.2, 0) is 4.79 Å². The molecule has 3 atom stereocenters. The Hall–Kier alpha value is -0.570. The third-order valence-electron chi connectivity index (χ3n) is 3.51. The summed E-state index contributed by atoms with van der Waals surface area (Å²) in [6.45, 7) is 7.28. The largest absolute Gasteiger partial charge is 0.340 e. The summed E-state index contributed by atoms with van der Waals surface area (Å²) in [4.78, 5) is 14.0. The number of carbonyl (C=O) groups is 1. The van der Waals surface area contributed by atoms with E-state index in [-0.39, 0.29) is 11.9 Å². The molecule has 1 fully saturated rings. The second-order valence-corrected chi connectivity index (χ2v) is 4.96. The first-order chi connectivity index (χ1) is 7.02. The number of rotatable bonds is 3. The first-order valence-electron chi connectivity index (χ1n) is 6.07. The fourth-order valence-electron chi connectivity index (χ4n) is 2.18. The van der Waals surface area contributed by atoms with Gasteiger partial charge in [0, 0.05) is 25.0 Å². The summed E-state index contributed by atoms with van der Waals surface area (Å²) in [5.74, 6) is 0.921. The van der Waals surface area contributed by atoms with Crippen molar-refractivity contribution in [3.8, 4) is 0 Å². The molecule has 0 aliphatic carbocycles. The molecule has 1 rings (SSSR count). The highest BCUT2D eigenvalue weighted by Crippen LogP contribution is 2.23. The molecule has 15 heavy (non-hydrogen) atoms. The molecule has 2 N–H and O–H groups in total. The minimum absolute atomic E-state index is 0.131. The normalized spacial score (nSPS) is 28.9. The van der Waals surface area contributed by atoms with E-state index in [1.165, 1.54) is 6.42 Å². The number of piperidine rings is 1. The number of carbonyl (C=O) groups excluding carboxylic acids is 1. The lowest BCUT2D eigenvalue weighted by Gasteiger charge is -2.38. The zero-order valence-corrected chi connectivity index (χ0v) is 10.2. The molecule has 0 aromatic heterocycles. The van der Waals surface area contributed by atoms with Crippen LogP contribution >= 0.6 is 0 Å². The van der Waals surface area contributed by atoms with E-state index in [1.807, 2.05) is 11.8 Å². The van der Waals surface area contributed by atoms with Crippen LogP contribution in [0, 0.1) is 5.92 Å². The Bertz CT molecular complexity index is 216. The quantitative estimate of drug-likeness (QED) is 0.775. The summed E-state index contributed by atoms with van der Waals surface area (Å²) in [5.41, 5.74) is 5.66. The summed E-state index contributed by atoms with van der Waals surface area (Å²) >= 11 is 0. The van der Waals surface area contributed by atoms with Gasteiger partial charge in [-0.05, 0) is 39.0 Å². The van der Waals surface area contributed by atoms with E-state index in [2.05, 4.69) is 13.8 Å². The summed E-state index contributed by atoms with van der Waals surface area (Å²) < 4.78 is 0. The van der Waals surface area contributed by atoms with Crippen molar-refractivity contribution in [2.45, 2.75) is 58.5 Å². The molecule has 0 aromatic rings. The first-order valence-corrected chi connectivity index (χ1v) is 6.07. The second kappa shape index (κ2) is 5.50. The van der Waals surface area contributed by atoms with Crippen LogP contribution in [0.3, 0.4) is 0 Å². The van der Waals surface area contributed by atoms with E-state index in [0.717, 1.165) is 19.4 Å². The number of amides is 1. The van der Waals surface area contributed by atoms with E-state index >= 15 is 0 Å². The van der Waals surface area contributed by atoms with Crippen molar-refractivity contribution in [2.24, 2.45) is 11.7 Å². The maximum atomic E-state index is 11.9. The molecular formula is C12H24N2O. The van der Waals surface area contributed by atoms with Crippen LogP contribution in [0.5, 0.6) is 0 Å². The summed E-state index contributed by atoms with van der Waals surface area (Å²) in [6, 6.07) is 0.533. The van der Waals surface area contributed by atoms with E-state index in [9.17, 15) is 4.79 Å². The third-order valence-corrected chi connectivity index (χ3v) is 3.51. The van der Waals surface area contributed by atoms with Crippen molar-refractivity contribution in [2.75, 3.05) is 6.54 Å². The average Bonchev–Trinajstić information content (AvgIpc) is 2.18. The Balaban J connectivity index is 2.43. The Morgan fingerprint density at radius 3 is 2.80 bits per heavy atom. The van der Waals surface area contributed by atoms with E-state index in [1.54, 1.807) is 0 Å². The molecule has 1 aliphatic rings. The average molecular weight is 212 g/mol. The Morgan fingerprint density at radius 2 is 2.20 bits per heavy atom. The minimum Gasteiger partial charge on any atom is -0.340 e. The Kier molecular flexibility index (Phi) is 4.58. The highest BCUT2D eigenvalue weighted by atomic mass is 16.2. The Labute approximate surface area is 93.0 Å². The molecule has 1 saturated heterocycles. The van der Waals surface area contributed by atoms with Crippen LogP contribution in [-0.4, -0.2) is 29.4 Å². The van der Waals surface area contributed by atoms with E-state index < -0.39 is 0 Å². The molecule has 0 bridgehead atoms. The van der Waals surface area contributed by atoms with Gasteiger partial charge in [0.15, 0.2) is 0 Å². The van der Waals surface area contributed by atoms with Crippen LogP contribution in [0.25, 0.3) is 0 Å². The molecule has 3 heteroatoms. The molecule has 1 heterocycles. The van der Waals surface area contributed by atoms with Crippen molar-refractivity contribution in [3.63, 3.8) is 0 Å². The first kappa shape index (κ1) is 12.5. The summed E-state index contributed by atoms with van der Waals surface area (Å²) in [7, 11) is 0. The summed E-state index contributed by atoms with van der Waals surface area (Å²) in [6.07, 6.45) is 3.80. The van der Waals surface area contributed by atoms with Gasteiger partial charge in [0.25, 0.3) is 0 Å². The molecule has 3 unspecified atom stereocenters. The van der Waals surface area contributed by atoms with Gasteiger partial charge in [-0.2, -0.15) is 0 Å². The van der Waals surface area contributed by atoms with Gasteiger partial charge in [-0.1, -0.05) is 6.92 Å². The van der Waals surface area contributed by atoms with Crippen LogP contribution in [0.4, 0.5) is 0 Å². The predicted molar refractivity (Wildman–Crippen MR) is 62.5 cm³/mol. The third kappa shape index (κ3) is 3.49. The van der Waals surface area contributed by atoms with Gasteiger partial charge in [0.2, 0.25) is 5.91 Å². The van der Waals surface area contributed by atoms with Crippen LogP contribution in [0.1, 0.15) is 46.5 Å². The van der Waals surface area contributed by atoms with Crippen molar-refractivity contribution in [1.29, 1.82) is 0 Å². The molecule has 88 valence electrons. The lowest BCUT2D eigenvalue weighted by Crippen LogP contribution is -2.46. The zero-order valence-electron chi connectivity index (χ0n) is 10.2. The molecule has 0 saturated carbocycles. The van der Waals surface area contributed by atoms with Crippen molar-refractivity contribution in [3.05, 3.63) is 0 Å². The standard InChI is InChI=1S/C12H24N2O/c1-9-5-4-8-14(11(9)3)12(15)7-6-10(2)13/h9-11H,4-8,13H2,1-3H3. The van der Waals surface area contributed by atoms with Gasteiger partial charge in [0.1, 0.15) is 0 Å². The van der Waals surface area contributed by atoms with Gasteiger partial charge in [-0.25, -0.2) is 0 Å².